The molecule has 92 valence electrons. The van der Waals surface area contributed by atoms with Crippen molar-refractivity contribution in [2.24, 2.45) is 5.73 Å². The predicted octanol–water partition coefficient (Wildman–Crippen LogP) is 2.78. The molecule has 0 bridgehead atoms. The Balaban J connectivity index is 2.37. The number of nitrogens with two attached hydrogens (primary N) is 1. The Bertz CT molecular complexity index is 526. The Morgan fingerprint density at radius 2 is 2.06 bits per heavy atom. The fourth-order valence-electron chi connectivity index (χ4n) is 1.84. The maximum atomic E-state index is 14.0. The first-order valence-electron chi connectivity index (χ1n) is 5.38. The van der Waals surface area contributed by atoms with Crippen LogP contribution in [0.1, 0.15) is 25.8 Å². The SMILES string of the molecule is CC(C)(N)CC(F)(F)c1ccc2nc[nH]c2c1. The van der Waals surface area contributed by atoms with Gasteiger partial charge in [0.25, 0.3) is 5.92 Å². The number of rotatable bonds is 3. The zero-order chi connectivity index (χ0) is 12.7. The molecule has 3 nitrogen and oxygen atoms in total. The third-order valence-corrected chi connectivity index (χ3v) is 2.52. The van der Waals surface area contributed by atoms with Gasteiger partial charge in [-0.05, 0) is 26.0 Å². The van der Waals surface area contributed by atoms with Gasteiger partial charge in [0.05, 0.1) is 17.4 Å². The third kappa shape index (κ3) is 2.61. The predicted molar refractivity (Wildman–Crippen MR) is 62.9 cm³/mol. The number of hydrogen-bond donors (Lipinski definition) is 2. The average Bonchev–Trinajstić information content (AvgIpc) is 2.59. The molecule has 0 amide bonds. The van der Waals surface area contributed by atoms with Gasteiger partial charge in [0, 0.05) is 17.5 Å². The molecule has 0 unspecified atom stereocenters. The minimum absolute atomic E-state index is 0.0345. The maximum Gasteiger partial charge on any atom is 0.275 e. The smallest absolute Gasteiger partial charge is 0.275 e. The van der Waals surface area contributed by atoms with Gasteiger partial charge in [0.15, 0.2) is 0 Å². The summed E-state index contributed by atoms with van der Waals surface area (Å²) in [5.41, 5.74) is 5.99. The van der Waals surface area contributed by atoms with Gasteiger partial charge in [-0.2, -0.15) is 0 Å². The highest BCUT2D eigenvalue weighted by molar-refractivity contribution is 5.75. The summed E-state index contributed by atoms with van der Waals surface area (Å²) in [5, 5.41) is 0. The Hall–Kier alpha value is -1.49. The van der Waals surface area contributed by atoms with Crippen LogP contribution in [0.4, 0.5) is 8.78 Å². The highest BCUT2D eigenvalue weighted by Gasteiger charge is 2.36. The number of nitrogens with zero attached hydrogens (tertiary/aromatic N) is 1. The molecule has 2 aromatic rings. The molecule has 1 aromatic heterocycles. The van der Waals surface area contributed by atoms with Crippen molar-refractivity contribution < 1.29 is 8.78 Å². The first kappa shape index (κ1) is 12.0. The van der Waals surface area contributed by atoms with Gasteiger partial charge < -0.3 is 10.7 Å². The summed E-state index contributed by atoms with van der Waals surface area (Å²) in [6, 6.07) is 4.40. The summed E-state index contributed by atoms with van der Waals surface area (Å²) in [6.45, 7) is 3.19. The van der Waals surface area contributed by atoms with E-state index in [2.05, 4.69) is 9.97 Å². The van der Waals surface area contributed by atoms with Crippen LogP contribution in [0.2, 0.25) is 0 Å². The van der Waals surface area contributed by atoms with Crippen LogP contribution in [-0.2, 0) is 5.92 Å². The molecule has 5 heteroatoms. The molecule has 0 fully saturated rings. The minimum Gasteiger partial charge on any atom is -0.345 e. The van der Waals surface area contributed by atoms with E-state index in [9.17, 15) is 8.78 Å². The van der Waals surface area contributed by atoms with E-state index in [0.29, 0.717) is 11.0 Å². The molecule has 0 saturated carbocycles. The van der Waals surface area contributed by atoms with Gasteiger partial charge in [-0.15, -0.1) is 0 Å². The molecule has 0 aliphatic rings. The van der Waals surface area contributed by atoms with Crippen molar-refractivity contribution in [3.05, 3.63) is 30.1 Å². The van der Waals surface area contributed by atoms with Gasteiger partial charge in [0.1, 0.15) is 0 Å². The maximum absolute atomic E-state index is 14.0. The first-order valence-corrected chi connectivity index (χ1v) is 5.38. The number of aromatic amines is 1. The lowest BCUT2D eigenvalue weighted by atomic mass is 9.93. The van der Waals surface area contributed by atoms with Crippen LogP contribution < -0.4 is 5.73 Å². The van der Waals surface area contributed by atoms with E-state index >= 15 is 0 Å². The van der Waals surface area contributed by atoms with Crippen LogP contribution in [0.5, 0.6) is 0 Å². The first-order chi connectivity index (χ1) is 7.78. The van der Waals surface area contributed by atoms with Crippen molar-refractivity contribution in [1.29, 1.82) is 0 Å². The number of alkyl halides is 2. The number of H-pyrrole nitrogens is 1. The fourth-order valence-corrected chi connectivity index (χ4v) is 1.84. The summed E-state index contributed by atoms with van der Waals surface area (Å²) in [7, 11) is 0. The molecule has 17 heavy (non-hydrogen) atoms. The molecular formula is C12H15F2N3. The Morgan fingerprint density at radius 1 is 1.35 bits per heavy atom. The van der Waals surface area contributed by atoms with E-state index in [1.165, 1.54) is 18.5 Å². The Labute approximate surface area is 98.0 Å². The molecule has 0 aliphatic heterocycles. The molecule has 1 heterocycles. The minimum atomic E-state index is -2.93. The third-order valence-electron chi connectivity index (χ3n) is 2.52. The van der Waals surface area contributed by atoms with E-state index < -0.39 is 11.5 Å². The molecule has 1 aromatic carbocycles. The fraction of sp³-hybridized carbons (Fsp3) is 0.417. The van der Waals surface area contributed by atoms with Crippen LogP contribution >= 0.6 is 0 Å². The van der Waals surface area contributed by atoms with Crippen molar-refractivity contribution in [3.63, 3.8) is 0 Å². The van der Waals surface area contributed by atoms with Crippen molar-refractivity contribution >= 4 is 11.0 Å². The number of hydrogen-bond acceptors (Lipinski definition) is 2. The van der Waals surface area contributed by atoms with E-state index in [-0.39, 0.29) is 12.0 Å². The second-order valence-corrected chi connectivity index (χ2v) is 5.00. The normalized spacial score (nSPS) is 13.2. The van der Waals surface area contributed by atoms with E-state index in [4.69, 9.17) is 5.73 Å². The van der Waals surface area contributed by atoms with Gasteiger partial charge in [-0.1, -0.05) is 6.07 Å². The van der Waals surface area contributed by atoms with E-state index in [1.54, 1.807) is 19.9 Å². The van der Waals surface area contributed by atoms with Gasteiger partial charge in [-0.25, -0.2) is 13.8 Å². The van der Waals surface area contributed by atoms with E-state index in [1.807, 2.05) is 0 Å². The second-order valence-electron chi connectivity index (χ2n) is 5.00. The summed E-state index contributed by atoms with van der Waals surface area (Å²) in [4.78, 5) is 6.81. The van der Waals surface area contributed by atoms with Crippen molar-refractivity contribution in [2.45, 2.75) is 31.7 Å². The second kappa shape index (κ2) is 3.77. The highest BCUT2D eigenvalue weighted by atomic mass is 19.3. The van der Waals surface area contributed by atoms with Crippen LogP contribution in [0.25, 0.3) is 11.0 Å². The van der Waals surface area contributed by atoms with Gasteiger partial charge in [0.2, 0.25) is 0 Å². The summed E-state index contributed by atoms with van der Waals surface area (Å²) >= 11 is 0. The van der Waals surface area contributed by atoms with Gasteiger partial charge in [-0.3, -0.25) is 0 Å². The Morgan fingerprint density at radius 3 is 2.71 bits per heavy atom. The lowest BCUT2D eigenvalue weighted by molar-refractivity contribution is -0.0294. The van der Waals surface area contributed by atoms with Crippen LogP contribution in [0, 0.1) is 0 Å². The molecule has 3 N–H and O–H groups in total. The zero-order valence-corrected chi connectivity index (χ0v) is 9.80. The van der Waals surface area contributed by atoms with Crippen molar-refractivity contribution in [1.82, 2.24) is 9.97 Å². The number of imidazole rings is 1. The average molecular weight is 239 g/mol. The number of halogens is 2. The number of fused-ring (bicyclic) bond motifs is 1. The summed E-state index contributed by atoms with van der Waals surface area (Å²) < 4.78 is 27.9. The molecule has 0 saturated heterocycles. The standard InChI is InChI=1S/C12H15F2N3/c1-11(2,15)6-12(13,14)8-3-4-9-10(5-8)17-7-16-9/h3-5,7H,6,15H2,1-2H3,(H,16,17). The van der Waals surface area contributed by atoms with E-state index in [0.717, 1.165) is 0 Å². The summed E-state index contributed by atoms with van der Waals surface area (Å²) in [5.74, 6) is -2.93. The van der Waals surface area contributed by atoms with Gasteiger partial charge >= 0.3 is 0 Å². The Kier molecular flexibility index (Phi) is 2.66. The van der Waals surface area contributed by atoms with Crippen molar-refractivity contribution in [3.8, 4) is 0 Å². The molecular weight excluding hydrogens is 224 g/mol. The number of nitrogens with one attached hydrogen (secondary N) is 1. The van der Waals surface area contributed by atoms with Crippen LogP contribution in [0.15, 0.2) is 24.5 Å². The number of aromatic nitrogens is 2. The zero-order valence-electron chi connectivity index (χ0n) is 9.80. The largest absolute Gasteiger partial charge is 0.345 e. The topological polar surface area (TPSA) is 54.7 Å². The quantitative estimate of drug-likeness (QED) is 0.865. The molecule has 2 rings (SSSR count). The molecule has 0 radical (unpaired) electrons. The van der Waals surface area contributed by atoms with Crippen LogP contribution in [-0.4, -0.2) is 15.5 Å². The lowest BCUT2D eigenvalue weighted by Gasteiger charge is -2.25. The molecule has 0 aliphatic carbocycles. The lowest BCUT2D eigenvalue weighted by Crippen LogP contribution is -2.38. The number of benzene rings is 1. The monoisotopic (exact) mass is 239 g/mol. The molecule has 0 spiro atoms. The highest BCUT2D eigenvalue weighted by Crippen LogP contribution is 2.36. The van der Waals surface area contributed by atoms with Crippen LogP contribution in [0.3, 0.4) is 0 Å². The summed E-state index contributed by atoms with van der Waals surface area (Å²) in [6.07, 6.45) is 1.10. The van der Waals surface area contributed by atoms with Crippen molar-refractivity contribution in [2.75, 3.05) is 0 Å². The molecule has 0 atom stereocenters.